The average Bonchev–Trinajstić information content (AvgIpc) is 2.53. The zero-order valence-corrected chi connectivity index (χ0v) is 9.27. The number of nitrogens with two attached hydrogens (primary N) is 1. The maximum atomic E-state index is 7.15. The summed E-state index contributed by atoms with van der Waals surface area (Å²) in [5, 5.41) is 17.0. The van der Waals surface area contributed by atoms with E-state index in [1.54, 1.807) is 11.3 Å². The van der Waals surface area contributed by atoms with Gasteiger partial charge in [-0.3, -0.25) is 5.41 Å². The first-order valence-corrected chi connectivity index (χ1v) is 5.33. The van der Waals surface area contributed by atoms with Gasteiger partial charge in [-0.15, -0.1) is 10.2 Å². The molecule has 0 unspecified atom stereocenters. The number of aromatic nitrogens is 2. The third-order valence-corrected chi connectivity index (χ3v) is 2.72. The molecule has 14 heavy (non-hydrogen) atoms. The molecule has 0 bridgehead atoms. The van der Waals surface area contributed by atoms with Gasteiger partial charge in [0.25, 0.3) is 0 Å². The largest absolute Gasteiger partial charge is 0.388 e. The number of nitrogens with one attached hydrogen (secondary N) is 1. The lowest BCUT2D eigenvalue weighted by molar-refractivity contribution is 0.815. The number of nitrogens with zero attached hydrogens (tertiary/aromatic N) is 3. The molecule has 0 aliphatic carbocycles. The normalized spacial score (nSPS) is 10.1. The molecule has 0 radical (unpaired) electrons. The molecule has 5 nitrogen and oxygen atoms in total. The Bertz CT molecular complexity index is 308. The number of hydrogen-bond donors (Lipinski definition) is 2. The van der Waals surface area contributed by atoms with Gasteiger partial charge in [0.15, 0.2) is 0 Å². The summed E-state index contributed by atoms with van der Waals surface area (Å²) >= 11 is 1.56. The zero-order valence-electron chi connectivity index (χ0n) is 8.45. The van der Waals surface area contributed by atoms with E-state index in [9.17, 15) is 0 Å². The predicted octanol–water partition coefficient (Wildman–Crippen LogP) is 0.999. The zero-order chi connectivity index (χ0) is 10.6. The molecule has 0 amide bonds. The highest BCUT2D eigenvalue weighted by Gasteiger charge is 2.09. The van der Waals surface area contributed by atoms with E-state index in [4.69, 9.17) is 11.1 Å². The molecule has 0 fully saturated rings. The Morgan fingerprint density at radius 3 is 2.71 bits per heavy atom. The predicted molar refractivity (Wildman–Crippen MR) is 59.1 cm³/mol. The summed E-state index contributed by atoms with van der Waals surface area (Å²) in [5.74, 6) is 0.213. The fourth-order valence-electron chi connectivity index (χ4n) is 1.06. The molecule has 3 N–H and O–H groups in total. The van der Waals surface area contributed by atoms with E-state index >= 15 is 0 Å². The highest BCUT2D eigenvalue weighted by Crippen LogP contribution is 2.19. The summed E-state index contributed by atoms with van der Waals surface area (Å²) in [6.45, 7) is 5.58. The highest BCUT2D eigenvalue weighted by atomic mass is 32.1. The van der Waals surface area contributed by atoms with Crippen molar-refractivity contribution >= 4 is 22.3 Å². The molecular weight excluding hydrogens is 198 g/mol. The van der Waals surface area contributed by atoms with Crippen LogP contribution in [0.4, 0.5) is 5.13 Å². The molecule has 1 aromatic rings. The molecule has 0 saturated heterocycles. The Labute approximate surface area is 87.5 Å². The molecule has 1 aromatic heterocycles. The molecule has 0 aliphatic rings. The smallest absolute Gasteiger partial charge is 0.208 e. The third kappa shape index (κ3) is 2.95. The van der Waals surface area contributed by atoms with Gasteiger partial charge < -0.3 is 10.6 Å². The average molecular weight is 213 g/mol. The van der Waals surface area contributed by atoms with Crippen molar-refractivity contribution in [2.24, 2.45) is 5.73 Å². The van der Waals surface area contributed by atoms with Crippen LogP contribution in [-0.2, 0) is 0 Å². The van der Waals surface area contributed by atoms with Gasteiger partial charge in [0.1, 0.15) is 5.01 Å². The minimum absolute atomic E-state index is 0.213. The van der Waals surface area contributed by atoms with Gasteiger partial charge in [-0.1, -0.05) is 11.3 Å². The molecule has 0 aromatic carbocycles. The van der Waals surface area contributed by atoms with Crippen LogP contribution in [0.5, 0.6) is 0 Å². The molecule has 0 saturated carbocycles. The van der Waals surface area contributed by atoms with Crippen LogP contribution in [0.15, 0.2) is 0 Å². The van der Waals surface area contributed by atoms with Crippen LogP contribution >= 0.6 is 11.3 Å². The quantitative estimate of drug-likeness (QED) is 0.565. The minimum Gasteiger partial charge on any atom is -0.388 e. The molecule has 1 heterocycles. The van der Waals surface area contributed by atoms with E-state index < -0.39 is 0 Å². The van der Waals surface area contributed by atoms with Crippen LogP contribution < -0.4 is 10.6 Å². The van der Waals surface area contributed by atoms with Gasteiger partial charge in [-0.25, -0.2) is 0 Å². The van der Waals surface area contributed by atoms with Crippen molar-refractivity contribution in [3.63, 3.8) is 0 Å². The molecule has 0 atom stereocenters. The minimum atomic E-state index is 0.213. The third-order valence-electron chi connectivity index (χ3n) is 1.82. The maximum Gasteiger partial charge on any atom is 0.208 e. The van der Waals surface area contributed by atoms with Gasteiger partial charge in [0.05, 0.1) is 5.84 Å². The van der Waals surface area contributed by atoms with Crippen LogP contribution in [0, 0.1) is 12.3 Å². The van der Waals surface area contributed by atoms with E-state index in [0.717, 1.165) is 23.2 Å². The second-order valence-corrected chi connectivity index (χ2v) is 4.12. The summed E-state index contributed by atoms with van der Waals surface area (Å²) in [5.41, 5.74) is 5.30. The van der Waals surface area contributed by atoms with E-state index in [1.807, 2.05) is 6.92 Å². The fraction of sp³-hybridized carbons (Fsp3) is 0.625. The van der Waals surface area contributed by atoms with Gasteiger partial charge in [-0.05, 0) is 13.8 Å². The van der Waals surface area contributed by atoms with Crippen LogP contribution in [0.2, 0.25) is 0 Å². The lowest BCUT2D eigenvalue weighted by Gasteiger charge is -2.18. The summed E-state index contributed by atoms with van der Waals surface area (Å²) in [7, 11) is 0. The van der Waals surface area contributed by atoms with Gasteiger partial charge in [0.2, 0.25) is 5.13 Å². The van der Waals surface area contributed by atoms with Crippen molar-refractivity contribution in [2.75, 3.05) is 18.0 Å². The summed E-state index contributed by atoms with van der Waals surface area (Å²) in [6.07, 6.45) is 0.576. The Morgan fingerprint density at radius 1 is 1.57 bits per heavy atom. The van der Waals surface area contributed by atoms with Crippen molar-refractivity contribution in [3.05, 3.63) is 5.01 Å². The first-order chi connectivity index (χ1) is 6.63. The van der Waals surface area contributed by atoms with Crippen molar-refractivity contribution in [3.8, 4) is 0 Å². The molecule has 1 rings (SSSR count). The van der Waals surface area contributed by atoms with Crippen molar-refractivity contribution < 1.29 is 0 Å². The number of anilines is 1. The van der Waals surface area contributed by atoms with Gasteiger partial charge in [0, 0.05) is 19.5 Å². The summed E-state index contributed by atoms with van der Waals surface area (Å²) < 4.78 is 0. The van der Waals surface area contributed by atoms with Crippen LogP contribution in [0.25, 0.3) is 0 Å². The lowest BCUT2D eigenvalue weighted by Crippen LogP contribution is -2.27. The molecule has 78 valence electrons. The van der Waals surface area contributed by atoms with Crippen molar-refractivity contribution in [1.82, 2.24) is 10.2 Å². The molecule has 6 heteroatoms. The maximum absolute atomic E-state index is 7.15. The standard InChI is InChI=1S/C8H15N5S/c1-3-13(5-4-7(9)10)8-12-11-6(2)14-8/h3-5H2,1-2H3,(H3,9,10). The van der Waals surface area contributed by atoms with E-state index in [2.05, 4.69) is 22.0 Å². The Hall–Kier alpha value is -1.17. The van der Waals surface area contributed by atoms with Crippen molar-refractivity contribution in [1.29, 1.82) is 5.41 Å². The molecule has 0 spiro atoms. The Balaban J connectivity index is 2.58. The second-order valence-electron chi connectivity index (χ2n) is 2.96. The SMILES string of the molecule is CCN(CCC(=N)N)c1nnc(C)s1. The number of hydrogen-bond acceptors (Lipinski definition) is 5. The topological polar surface area (TPSA) is 78.9 Å². The van der Waals surface area contributed by atoms with Crippen molar-refractivity contribution in [2.45, 2.75) is 20.3 Å². The van der Waals surface area contributed by atoms with E-state index in [0.29, 0.717) is 6.42 Å². The monoisotopic (exact) mass is 213 g/mol. The fourth-order valence-corrected chi connectivity index (χ4v) is 1.84. The summed E-state index contributed by atoms with van der Waals surface area (Å²) in [6, 6.07) is 0. The van der Waals surface area contributed by atoms with Crippen LogP contribution in [0.3, 0.4) is 0 Å². The molecular formula is C8H15N5S. The first kappa shape index (κ1) is 10.9. The van der Waals surface area contributed by atoms with E-state index in [1.165, 1.54) is 0 Å². The number of amidine groups is 1. The summed E-state index contributed by atoms with van der Waals surface area (Å²) in [4.78, 5) is 2.08. The van der Waals surface area contributed by atoms with E-state index in [-0.39, 0.29) is 5.84 Å². The van der Waals surface area contributed by atoms with Crippen LogP contribution in [-0.4, -0.2) is 29.1 Å². The second kappa shape index (κ2) is 4.90. The highest BCUT2D eigenvalue weighted by molar-refractivity contribution is 7.15. The Kier molecular flexibility index (Phi) is 3.82. The molecule has 0 aliphatic heterocycles. The lowest BCUT2D eigenvalue weighted by atomic mass is 10.4. The number of rotatable bonds is 5. The van der Waals surface area contributed by atoms with Crippen LogP contribution in [0.1, 0.15) is 18.4 Å². The van der Waals surface area contributed by atoms with Gasteiger partial charge in [-0.2, -0.15) is 0 Å². The number of aryl methyl sites for hydroxylation is 1. The Morgan fingerprint density at radius 2 is 2.29 bits per heavy atom. The van der Waals surface area contributed by atoms with Gasteiger partial charge >= 0.3 is 0 Å². The first-order valence-electron chi connectivity index (χ1n) is 4.51.